The number of nitrogens with zero attached hydrogens (tertiary/aromatic N) is 1. The number of ether oxygens (including phenoxy) is 2. The van der Waals surface area contributed by atoms with Crippen LogP contribution in [0, 0.1) is 0 Å². The Labute approximate surface area is 154 Å². The smallest absolute Gasteiger partial charge is 0.319 e. The van der Waals surface area contributed by atoms with Crippen LogP contribution < -0.4 is 20.7 Å². The number of morpholine rings is 1. The quantitative estimate of drug-likeness (QED) is 0.717. The van der Waals surface area contributed by atoms with Crippen molar-refractivity contribution in [2.75, 3.05) is 50.6 Å². The molecule has 1 aliphatic heterocycles. The van der Waals surface area contributed by atoms with Gasteiger partial charge in [0.2, 0.25) is 5.91 Å². The van der Waals surface area contributed by atoms with Gasteiger partial charge in [-0.2, -0.15) is 0 Å². The molecule has 8 heteroatoms. The zero-order valence-electron chi connectivity index (χ0n) is 15.8. The van der Waals surface area contributed by atoms with E-state index in [-0.39, 0.29) is 17.5 Å². The average molecular weight is 364 g/mol. The van der Waals surface area contributed by atoms with Crippen LogP contribution in [0.5, 0.6) is 5.75 Å². The van der Waals surface area contributed by atoms with E-state index in [1.165, 1.54) is 14.0 Å². The number of rotatable bonds is 6. The van der Waals surface area contributed by atoms with Crippen molar-refractivity contribution in [2.45, 2.75) is 26.3 Å². The molecule has 1 aliphatic rings. The van der Waals surface area contributed by atoms with Gasteiger partial charge in [0, 0.05) is 37.8 Å². The van der Waals surface area contributed by atoms with Crippen molar-refractivity contribution in [1.29, 1.82) is 0 Å². The largest absolute Gasteiger partial charge is 0.495 e. The van der Waals surface area contributed by atoms with E-state index in [4.69, 9.17) is 9.47 Å². The molecule has 0 bridgehead atoms. The molecule has 8 nitrogen and oxygen atoms in total. The van der Waals surface area contributed by atoms with Crippen LogP contribution >= 0.6 is 0 Å². The Hall–Kier alpha value is -2.32. The van der Waals surface area contributed by atoms with Crippen LogP contribution in [-0.4, -0.2) is 62.3 Å². The Morgan fingerprint density at radius 3 is 2.54 bits per heavy atom. The van der Waals surface area contributed by atoms with Crippen LogP contribution in [0.15, 0.2) is 18.2 Å². The second-order valence-corrected chi connectivity index (χ2v) is 6.82. The summed E-state index contributed by atoms with van der Waals surface area (Å²) in [5.41, 5.74) is 0.908. The molecule has 0 radical (unpaired) electrons. The van der Waals surface area contributed by atoms with Crippen molar-refractivity contribution in [2.24, 2.45) is 0 Å². The Balaban J connectivity index is 1.93. The number of methoxy groups -OCH3 is 1. The highest BCUT2D eigenvalue weighted by Gasteiger charge is 2.28. The van der Waals surface area contributed by atoms with Crippen LogP contribution in [0.3, 0.4) is 0 Å². The summed E-state index contributed by atoms with van der Waals surface area (Å²) in [4.78, 5) is 25.8. The lowest BCUT2D eigenvalue weighted by atomic mass is 10.0. The molecule has 1 aromatic rings. The number of hydrogen-bond donors (Lipinski definition) is 3. The first-order valence-corrected chi connectivity index (χ1v) is 8.65. The van der Waals surface area contributed by atoms with Gasteiger partial charge in [0.25, 0.3) is 0 Å². The van der Waals surface area contributed by atoms with E-state index in [0.717, 1.165) is 13.1 Å². The number of anilines is 2. The lowest BCUT2D eigenvalue weighted by Gasteiger charge is -2.40. The number of carbonyl (C=O) groups excluding carboxylic acids is 2. The third kappa shape index (κ3) is 5.60. The summed E-state index contributed by atoms with van der Waals surface area (Å²) in [6, 6.07) is 4.77. The number of urea groups is 1. The summed E-state index contributed by atoms with van der Waals surface area (Å²) < 4.78 is 10.6. The van der Waals surface area contributed by atoms with Crippen LogP contribution in [0.2, 0.25) is 0 Å². The van der Waals surface area contributed by atoms with Crippen LogP contribution in [0.25, 0.3) is 0 Å². The molecular weight excluding hydrogens is 336 g/mol. The molecule has 26 heavy (non-hydrogen) atoms. The second kappa shape index (κ2) is 8.86. The minimum absolute atomic E-state index is 0.164. The predicted octanol–water partition coefficient (Wildman–Crippen LogP) is 1.89. The molecule has 3 N–H and O–H groups in total. The lowest BCUT2D eigenvalue weighted by molar-refractivity contribution is -0.114. The van der Waals surface area contributed by atoms with Crippen LogP contribution in [-0.2, 0) is 9.53 Å². The first-order valence-electron chi connectivity index (χ1n) is 8.65. The number of nitrogens with one attached hydrogen (secondary N) is 3. The molecule has 0 unspecified atom stereocenters. The fraction of sp³-hybridized carbons (Fsp3) is 0.556. The summed E-state index contributed by atoms with van der Waals surface area (Å²) in [6.07, 6.45) is 0. The van der Waals surface area contributed by atoms with Gasteiger partial charge in [-0.1, -0.05) is 0 Å². The Morgan fingerprint density at radius 1 is 1.23 bits per heavy atom. The van der Waals surface area contributed by atoms with E-state index >= 15 is 0 Å². The maximum Gasteiger partial charge on any atom is 0.319 e. The van der Waals surface area contributed by atoms with Crippen molar-refractivity contribution < 1.29 is 19.1 Å². The van der Waals surface area contributed by atoms with Crippen LogP contribution in [0.4, 0.5) is 16.2 Å². The average Bonchev–Trinajstić information content (AvgIpc) is 2.61. The van der Waals surface area contributed by atoms with E-state index in [1.54, 1.807) is 18.2 Å². The lowest BCUT2D eigenvalue weighted by Crippen LogP contribution is -2.55. The predicted molar refractivity (Wildman–Crippen MR) is 101 cm³/mol. The minimum atomic E-state index is -0.301. The van der Waals surface area contributed by atoms with Crippen LogP contribution in [0.1, 0.15) is 20.8 Å². The maximum absolute atomic E-state index is 12.2. The maximum atomic E-state index is 12.2. The van der Waals surface area contributed by atoms with Gasteiger partial charge in [-0.15, -0.1) is 0 Å². The van der Waals surface area contributed by atoms with Crippen molar-refractivity contribution in [3.05, 3.63) is 18.2 Å². The highest BCUT2D eigenvalue weighted by atomic mass is 16.5. The SMILES string of the molecule is COc1ccc(NC(=O)NCC(C)(C)N2CCOCC2)cc1NC(C)=O. The molecule has 1 heterocycles. The normalized spacial score (nSPS) is 15.2. The van der Waals surface area contributed by atoms with Crippen molar-refractivity contribution >= 4 is 23.3 Å². The molecule has 144 valence electrons. The number of benzene rings is 1. The molecule has 0 aliphatic carbocycles. The number of amides is 3. The van der Waals surface area contributed by atoms with Crippen molar-refractivity contribution in [3.8, 4) is 5.75 Å². The van der Waals surface area contributed by atoms with Gasteiger partial charge in [-0.3, -0.25) is 9.69 Å². The third-order valence-corrected chi connectivity index (χ3v) is 4.32. The molecule has 0 saturated carbocycles. The highest BCUT2D eigenvalue weighted by Crippen LogP contribution is 2.27. The summed E-state index contributed by atoms with van der Waals surface area (Å²) >= 11 is 0. The van der Waals surface area contributed by atoms with E-state index in [9.17, 15) is 9.59 Å². The third-order valence-electron chi connectivity index (χ3n) is 4.32. The zero-order chi connectivity index (χ0) is 19.2. The molecule has 1 aromatic carbocycles. The summed E-state index contributed by atoms with van der Waals surface area (Å²) in [5, 5.41) is 8.37. The summed E-state index contributed by atoms with van der Waals surface area (Å²) in [5.74, 6) is 0.316. The number of hydrogen-bond acceptors (Lipinski definition) is 5. The van der Waals surface area contributed by atoms with E-state index in [2.05, 4.69) is 34.7 Å². The minimum Gasteiger partial charge on any atom is -0.495 e. The standard InChI is InChI=1S/C18H28N4O4/c1-13(23)20-15-11-14(5-6-16(15)25-4)21-17(24)19-12-18(2,3)22-7-9-26-10-8-22/h5-6,11H,7-10,12H2,1-4H3,(H,20,23)(H2,19,21,24). The molecular formula is C18H28N4O4. The van der Waals surface area contributed by atoms with Gasteiger partial charge in [0.1, 0.15) is 5.75 Å². The summed E-state index contributed by atoms with van der Waals surface area (Å²) in [7, 11) is 1.52. The van der Waals surface area contributed by atoms with Gasteiger partial charge >= 0.3 is 6.03 Å². The molecule has 0 aromatic heterocycles. The molecule has 2 rings (SSSR count). The Bertz CT molecular complexity index is 642. The molecule has 1 fully saturated rings. The first-order chi connectivity index (χ1) is 12.3. The Morgan fingerprint density at radius 2 is 1.92 bits per heavy atom. The Kier molecular flexibility index (Phi) is 6.82. The molecule has 1 saturated heterocycles. The van der Waals surface area contributed by atoms with Crippen molar-refractivity contribution in [3.63, 3.8) is 0 Å². The molecule has 0 spiro atoms. The summed E-state index contributed by atoms with van der Waals surface area (Å²) in [6.45, 7) is 9.26. The van der Waals surface area contributed by atoms with Crippen molar-refractivity contribution in [1.82, 2.24) is 10.2 Å². The van der Waals surface area contributed by atoms with Gasteiger partial charge in [0.05, 0.1) is 26.0 Å². The second-order valence-electron chi connectivity index (χ2n) is 6.82. The van der Waals surface area contributed by atoms with Gasteiger partial charge in [-0.25, -0.2) is 4.79 Å². The number of carbonyl (C=O) groups is 2. The first kappa shape index (κ1) is 20.0. The fourth-order valence-electron chi connectivity index (χ4n) is 2.83. The van der Waals surface area contributed by atoms with E-state index in [1.807, 2.05) is 0 Å². The molecule has 3 amide bonds. The van der Waals surface area contributed by atoms with Gasteiger partial charge < -0.3 is 25.4 Å². The molecule has 0 atom stereocenters. The topological polar surface area (TPSA) is 91.9 Å². The van der Waals surface area contributed by atoms with E-state index < -0.39 is 0 Å². The van der Waals surface area contributed by atoms with Gasteiger partial charge in [0.15, 0.2) is 0 Å². The van der Waals surface area contributed by atoms with E-state index in [0.29, 0.717) is 36.9 Å². The monoisotopic (exact) mass is 364 g/mol. The van der Waals surface area contributed by atoms with Gasteiger partial charge in [-0.05, 0) is 32.0 Å². The highest BCUT2D eigenvalue weighted by molar-refractivity contribution is 5.94. The zero-order valence-corrected chi connectivity index (χ0v) is 15.8. The fourth-order valence-corrected chi connectivity index (χ4v) is 2.83.